The largest absolute Gasteiger partial charge is 0.394 e. The quantitative estimate of drug-likeness (QED) is 0.432. The van der Waals surface area contributed by atoms with Crippen LogP contribution in [0.15, 0.2) is 54.6 Å². The molecule has 6 rings (SSSR count). The van der Waals surface area contributed by atoms with E-state index in [0.29, 0.717) is 52.4 Å². The summed E-state index contributed by atoms with van der Waals surface area (Å²) in [6.45, 7) is 9.25. The Hall–Kier alpha value is -3.05. The molecule has 232 valence electrons. The summed E-state index contributed by atoms with van der Waals surface area (Å²) in [4.78, 5) is 50.8. The van der Waals surface area contributed by atoms with E-state index in [9.17, 15) is 19.5 Å². The van der Waals surface area contributed by atoms with E-state index in [2.05, 4.69) is 4.90 Å². The number of carbonyl (C=O) groups is 3. The maximum atomic E-state index is 14.6. The van der Waals surface area contributed by atoms with Crippen molar-refractivity contribution in [3.8, 4) is 0 Å². The van der Waals surface area contributed by atoms with Crippen LogP contribution in [0.2, 0.25) is 0 Å². The highest BCUT2D eigenvalue weighted by molar-refractivity contribution is 6.00. The lowest BCUT2D eigenvalue weighted by Gasteiger charge is -2.39. The van der Waals surface area contributed by atoms with Crippen LogP contribution in [0, 0.1) is 17.8 Å². The van der Waals surface area contributed by atoms with E-state index in [-0.39, 0.29) is 30.2 Å². The SMILES string of the molecule is CC(C)C[C@H](CO)N1C(=O)[C@@H]2[C@@H]3C(=O)N(Cc4ccccc4)CC=C[C@@H]3O[C@@]23C=CCN(CCN2CCOCC2)C(=O)C13. The predicted octanol–water partition coefficient (Wildman–Crippen LogP) is 1.30. The number of nitrogens with zero attached hydrogens (tertiary/aromatic N) is 4. The number of aliphatic hydroxyl groups excluding tert-OH is 1. The van der Waals surface area contributed by atoms with Crippen LogP contribution in [-0.4, -0.2) is 125 Å². The van der Waals surface area contributed by atoms with Crippen LogP contribution in [0.1, 0.15) is 25.8 Å². The molecule has 1 N–H and O–H groups in total. The van der Waals surface area contributed by atoms with Crippen LogP contribution in [-0.2, 0) is 30.4 Å². The Bertz CT molecular complexity index is 1250. The normalized spacial score (nSPS) is 31.7. The number of likely N-dealkylation sites (tertiary alicyclic amines) is 1. The molecule has 43 heavy (non-hydrogen) atoms. The van der Waals surface area contributed by atoms with E-state index in [1.807, 2.05) is 68.5 Å². The summed E-state index contributed by atoms with van der Waals surface area (Å²) in [5.41, 5.74) is -0.288. The molecule has 1 unspecified atom stereocenters. The van der Waals surface area contributed by atoms with Crippen LogP contribution in [0.5, 0.6) is 0 Å². The fourth-order valence-electron chi connectivity index (χ4n) is 7.62. The molecule has 0 radical (unpaired) electrons. The van der Waals surface area contributed by atoms with Gasteiger partial charge in [0, 0.05) is 45.8 Å². The van der Waals surface area contributed by atoms with E-state index >= 15 is 0 Å². The van der Waals surface area contributed by atoms with Gasteiger partial charge in [0.1, 0.15) is 11.6 Å². The smallest absolute Gasteiger partial charge is 0.249 e. The van der Waals surface area contributed by atoms with E-state index in [1.165, 1.54) is 0 Å². The van der Waals surface area contributed by atoms with Gasteiger partial charge in [0.25, 0.3) is 0 Å². The van der Waals surface area contributed by atoms with Crippen LogP contribution < -0.4 is 0 Å². The predicted molar refractivity (Wildman–Crippen MR) is 160 cm³/mol. The molecule has 5 heterocycles. The summed E-state index contributed by atoms with van der Waals surface area (Å²) < 4.78 is 12.3. The Morgan fingerprint density at radius 3 is 2.42 bits per heavy atom. The Kier molecular flexibility index (Phi) is 8.73. The molecule has 0 aliphatic carbocycles. The van der Waals surface area contributed by atoms with Crippen LogP contribution >= 0.6 is 0 Å². The molecule has 1 spiro atoms. The van der Waals surface area contributed by atoms with Gasteiger partial charge in [-0.2, -0.15) is 0 Å². The Balaban J connectivity index is 1.34. The number of amides is 3. The van der Waals surface area contributed by atoms with Crippen molar-refractivity contribution in [1.82, 2.24) is 19.6 Å². The summed E-state index contributed by atoms with van der Waals surface area (Å²) in [6, 6.07) is 8.29. The van der Waals surface area contributed by atoms with Crippen molar-refractivity contribution in [2.75, 3.05) is 59.1 Å². The third-order valence-electron chi connectivity index (χ3n) is 9.62. The van der Waals surface area contributed by atoms with Gasteiger partial charge in [0.2, 0.25) is 17.7 Å². The Morgan fingerprint density at radius 1 is 0.953 bits per heavy atom. The zero-order valence-electron chi connectivity index (χ0n) is 25.2. The zero-order chi connectivity index (χ0) is 30.1. The average molecular weight is 593 g/mol. The molecule has 3 fully saturated rings. The number of fused-ring (bicyclic) bond motifs is 2. The number of morpholine rings is 1. The van der Waals surface area contributed by atoms with Crippen molar-refractivity contribution in [1.29, 1.82) is 0 Å². The number of hydrogen-bond donors (Lipinski definition) is 1. The topological polar surface area (TPSA) is 103 Å². The molecular formula is C33H44N4O6. The highest BCUT2D eigenvalue weighted by Crippen LogP contribution is 2.54. The first-order valence-corrected chi connectivity index (χ1v) is 15.7. The molecule has 10 nitrogen and oxygen atoms in total. The zero-order valence-corrected chi connectivity index (χ0v) is 25.2. The van der Waals surface area contributed by atoms with E-state index in [0.717, 1.165) is 18.7 Å². The first-order chi connectivity index (χ1) is 20.8. The summed E-state index contributed by atoms with van der Waals surface area (Å²) >= 11 is 0. The number of aliphatic hydroxyl groups is 1. The van der Waals surface area contributed by atoms with E-state index in [4.69, 9.17) is 9.47 Å². The number of ether oxygens (including phenoxy) is 2. The minimum Gasteiger partial charge on any atom is -0.394 e. The van der Waals surface area contributed by atoms with Gasteiger partial charge >= 0.3 is 0 Å². The summed E-state index contributed by atoms with van der Waals surface area (Å²) in [5.74, 6) is -2.06. The maximum absolute atomic E-state index is 14.6. The molecule has 3 saturated heterocycles. The second-order valence-corrected chi connectivity index (χ2v) is 12.8. The second-order valence-electron chi connectivity index (χ2n) is 12.8. The summed E-state index contributed by atoms with van der Waals surface area (Å²) in [6.07, 6.45) is 7.56. The van der Waals surface area contributed by atoms with Crippen molar-refractivity contribution >= 4 is 17.7 Å². The molecule has 0 saturated carbocycles. The first kappa shape index (κ1) is 30.0. The van der Waals surface area contributed by atoms with Crippen molar-refractivity contribution < 1.29 is 29.0 Å². The molecule has 5 aliphatic rings. The minimum atomic E-state index is -1.29. The molecule has 0 bridgehead atoms. The number of hydrogen-bond acceptors (Lipinski definition) is 7. The van der Waals surface area contributed by atoms with Gasteiger partial charge in [-0.25, -0.2) is 0 Å². The molecule has 10 heteroatoms. The van der Waals surface area contributed by atoms with Crippen LogP contribution in [0.4, 0.5) is 0 Å². The van der Waals surface area contributed by atoms with Gasteiger partial charge < -0.3 is 29.3 Å². The lowest BCUT2D eigenvalue weighted by atomic mass is 9.77. The third kappa shape index (κ3) is 5.54. The summed E-state index contributed by atoms with van der Waals surface area (Å²) in [7, 11) is 0. The summed E-state index contributed by atoms with van der Waals surface area (Å²) in [5, 5.41) is 10.6. The van der Waals surface area contributed by atoms with Crippen LogP contribution in [0.25, 0.3) is 0 Å². The number of benzene rings is 1. The van der Waals surface area contributed by atoms with Gasteiger partial charge in [-0.15, -0.1) is 0 Å². The van der Waals surface area contributed by atoms with Gasteiger partial charge in [-0.3, -0.25) is 19.3 Å². The first-order valence-electron chi connectivity index (χ1n) is 15.7. The molecule has 1 aromatic rings. The fourth-order valence-corrected chi connectivity index (χ4v) is 7.62. The number of rotatable bonds is 9. The van der Waals surface area contributed by atoms with Gasteiger partial charge in [0.05, 0.1) is 43.8 Å². The van der Waals surface area contributed by atoms with Crippen molar-refractivity contribution in [3.05, 3.63) is 60.2 Å². The van der Waals surface area contributed by atoms with Crippen molar-refractivity contribution in [2.24, 2.45) is 17.8 Å². The standard InChI is InChI=1S/C33H44N4O6/c1-23(2)20-25(22-38)37-29-32(41)35(15-14-34-16-18-42-19-17-34)13-7-11-33(29)28(31(37)40)27-26(43-33)10-6-12-36(30(27)39)21-24-8-4-3-5-9-24/h3-11,23,25-29,38H,12-22H2,1-2H3/t25-,26+,27-,28+,29?,33+/m1/s1. The fraction of sp³-hybridized carbons (Fsp3) is 0.606. The monoisotopic (exact) mass is 592 g/mol. The Morgan fingerprint density at radius 2 is 1.70 bits per heavy atom. The van der Waals surface area contributed by atoms with Crippen molar-refractivity contribution in [2.45, 2.75) is 50.6 Å². The third-order valence-corrected chi connectivity index (χ3v) is 9.62. The minimum absolute atomic E-state index is 0.145. The van der Waals surface area contributed by atoms with Gasteiger partial charge in [-0.05, 0) is 17.9 Å². The van der Waals surface area contributed by atoms with Crippen molar-refractivity contribution in [3.63, 3.8) is 0 Å². The van der Waals surface area contributed by atoms with E-state index < -0.39 is 35.6 Å². The molecule has 3 amide bonds. The molecule has 5 aliphatic heterocycles. The van der Waals surface area contributed by atoms with Crippen LogP contribution in [0.3, 0.4) is 0 Å². The molecular weight excluding hydrogens is 548 g/mol. The Labute approximate surface area is 253 Å². The lowest BCUT2D eigenvalue weighted by Crippen LogP contribution is -2.59. The second kappa shape index (κ2) is 12.5. The highest BCUT2D eigenvalue weighted by atomic mass is 16.5. The van der Waals surface area contributed by atoms with Gasteiger partial charge in [-0.1, -0.05) is 68.5 Å². The lowest BCUT2D eigenvalue weighted by molar-refractivity contribution is -0.152. The van der Waals surface area contributed by atoms with E-state index in [1.54, 1.807) is 14.7 Å². The average Bonchev–Trinajstić information content (AvgIpc) is 3.34. The molecule has 0 aromatic heterocycles. The maximum Gasteiger partial charge on any atom is 0.249 e. The molecule has 1 aromatic carbocycles. The van der Waals surface area contributed by atoms with Gasteiger partial charge in [0.15, 0.2) is 0 Å². The highest BCUT2D eigenvalue weighted by Gasteiger charge is 2.72. The number of carbonyl (C=O) groups excluding carboxylic acids is 3. The molecule has 6 atom stereocenters.